The molecule has 0 fully saturated rings. The summed E-state index contributed by atoms with van der Waals surface area (Å²) in [6.45, 7) is 1.09. The molecule has 1 aliphatic heterocycles. The minimum Gasteiger partial charge on any atom is -0.492 e. The zero-order valence-corrected chi connectivity index (χ0v) is 19.2. The van der Waals surface area contributed by atoms with Crippen molar-refractivity contribution < 1.29 is 24.1 Å². The second kappa shape index (κ2) is 9.44. The number of aromatic carboxylic acids is 1. The average molecular weight is 476 g/mol. The number of nitrogens with zero attached hydrogens (tertiary/aromatic N) is 1. The maximum Gasteiger partial charge on any atom is 0.341 e. The molecule has 4 rings (SSSR count). The summed E-state index contributed by atoms with van der Waals surface area (Å²) in [5, 5.41) is 10.0. The van der Waals surface area contributed by atoms with Crippen LogP contribution in [0.3, 0.4) is 0 Å². The highest BCUT2D eigenvalue weighted by molar-refractivity contribution is 7.98. The number of pyridine rings is 1. The summed E-state index contributed by atoms with van der Waals surface area (Å²) < 4.78 is 19.0. The SMILES string of the molecule is COCCCOc1cc2c(cc1SC)-c1cc(=O)c(C(=O)O)cn1C(C1=C(Cl)C=CC1)O2. The van der Waals surface area contributed by atoms with Crippen LogP contribution < -0.4 is 14.9 Å². The first-order valence-electron chi connectivity index (χ1n) is 10.00. The first-order valence-corrected chi connectivity index (χ1v) is 11.6. The zero-order chi connectivity index (χ0) is 22.8. The van der Waals surface area contributed by atoms with Gasteiger partial charge in [0.2, 0.25) is 6.23 Å². The fraction of sp³-hybridized carbons (Fsp3) is 0.304. The fourth-order valence-electron chi connectivity index (χ4n) is 3.75. The lowest BCUT2D eigenvalue weighted by atomic mass is 10.0. The van der Waals surface area contributed by atoms with Crippen molar-refractivity contribution in [3.63, 3.8) is 0 Å². The highest BCUT2D eigenvalue weighted by Gasteiger charge is 2.32. The van der Waals surface area contributed by atoms with Crippen molar-refractivity contribution in [3.05, 3.63) is 62.9 Å². The van der Waals surface area contributed by atoms with Gasteiger partial charge in [0.05, 0.1) is 17.2 Å². The molecule has 7 nitrogen and oxygen atoms in total. The van der Waals surface area contributed by atoms with Crippen molar-refractivity contribution in [3.8, 4) is 22.8 Å². The molecule has 0 saturated heterocycles. The number of thioether (sulfide) groups is 1. The van der Waals surface area contributed by atoms with Crippen LogP contribution in [0.1, 0.15) is 29.4 Å². The number of hydrogen-bond donors (Lipinski definition) is 1. The Kier molecular flexibility index (Phi) is 6.64. The van der Waals surface area contributed by atoms with Gasteiger partial charge < -0.3 is 23.9 Å². The third-order valence-electron chi connectivity index (χ3n) is 5.30. The number of halogens is 1. The van der Waals surface area contributed by atoms with E-state index in [9.17, 15) is 14.7 Å². The van der Waals surface area contributed by atoms with Gasteiger partial charge in [-0.05, 0) is 24.8 Å². The minimum absolute atomic E-state index is 0.323. The van der Waals surface area contributed by atoms with Gasteiger partial charge in [0.1, 0.15) is 17.1 Å². The quantitative estimate of drug-likeness (QED) is 0.437. The number of hydrogen-bond acceptors (Lipinski definition) is 6. The molecular weight excluding hydrogens is 454 g/mol. The van der Waals surface area contributed by atoms with Crippen LogP contribution >= 0.6 is 23.4 Å². The van der Waals surface area contributed by atoms with Crippen LogP contribution in [-0.2, 0) is 4.74 Å². The number of rotatable bonds is 8. The maximum atomic E-state index is 12.5. The van der Waals surface area contributed by atoms with E-state index in [0.717, 1.165) is 16.9 Å². The summed E-state index contributed by atoms with van der Waals surface area (Å²) in [6.07, 6.45) is 7.60. The van der Waals surface area contributed by atoms with E-state index < -0.39 is 17.6 Å². The summed E-state index contributed by atoms with van der Waals surface area (Å²) in [5.74, 6) is -0.0707. The van der Waals surface area contributed by atoms with Gasteiger partial charge in [0.15, 0.2) is 5.43 Å². The third-order valence-corrected chi connectivity index (χ3v) is 6.43. The molecule has 0 radical (unpaired) electrons. The fourth-order valence-corrected chi connectivity index (χ4v) is 4.56. The normalized spacial score (nSPS) is 16.5. The van der Waals surface area contributed by atoms with Gasteiger partial charge in [-0.2, -0.15) is 0 Å². The van der Waals surface area contributed by atoms with Crippen LogP contribution in [0.15, 0.2) is 56.8 Å². The van der Waals surface area contributed by atoms with Crippen LogP contribution in [0.5, 0.6) is 11.5 Å². The first-order chi connectivity index (χ1) is 15.4. The van der Waals surface area contributed by atoms with Crippen molar-refractivity contribution >= 4 is 29.3 Å². The van der Waals surface area contributed by atoms with Crippen LogP contribution in [0.4, 0.5) is 0 Å². The Morgan fingerprint density at radius 2 is 2.16 bits per heavy atom. The molecule has 1 unspecified atom stereocenters. The Balaban J connectivity index is 1.84. The summed E-state index contributed by atoms with van der Waals surface area (Å²) in [7, 11) is 1.65. The van der Waals surface area contributed by atoms with Gasteiger partial charge in [0, 0.05) is 54.6 Å². The average Bonchev–Trinajstić information content (AvgIpc) is 3.20. The molecule has 1 N–H and O–H groups in total. The van der Waals surface area contributed by atoms with E-state index in [4.69, 9.17) is 25.8 Å². The van der Waals surface area contributed by atoms with Crippen LogP contribution in [-0.4, -0.2) is 42.2 Å². The van der Waals surface area contributed by atoms with E-state index in [-0.39, 0.29) is 5.56 Å². The third kappa shape index (κ3) is 4.18. The predicted octanol–water partition coefficient (Wildman–Crippen LogP) is 4.69. The Labute approximate surface area is 194 Å². The van der Waals surface area contributed by atoms with E-state index in [1.165, 1.54) is 24.0 Å². The number of fused-ring (bicyclic) bond motifs is 3. The molecule has 2 aliphatic rings. The predicted molar refractivity (Wildman–Crippen MR) is 123 cm³/mol. The number of carboxylic acid groups (broad SMARTS) is 1. The Morgan fingerprint density at radius 3 is 2.81 bits per heavy atom. The highest BCUT2D eigenvalue weighted by Crippen LogP contribution is 2.47. The maximum absolute atomic E-state index is 12.5. The molecule has 1 aromatic heterocycles. The van der Waals surface area contributed by atoms with Crippen molar-refractivity contribution in [2.45, 2.75) is 24.0 Å². The molecular formula is C23H22ClNO6S. The van der Waals surface area contributed by atoms with Gasteiger partial charge in [-0.25, -0.2) is 4.79 Å². The highest BCUT2D eigenvalue weighted by atomic mass is 35.5. The van der Waals surface area contributed by atoms with E-state index in [1.807, 2.05) is 24.5 Å². The topological polar surface area (TPSA) is 87.0 Å². The molecule has 2 aromatic rings. The molecule has 1 aliphatic carbocycles. The summed E-state index contributed by atoms with van der Waals surface area (Å²) in [5.41, 5.74) is 1.15. The zero-order valence-electron chi connectivity index (χ0n) is 17.6. The molecule has 9 heteroatoms. The smallest absolute Gasteiger partial charge is 0.341 e. The molecule has 1 atom stereocenters. The van der Waals surface area contributed by atoms with Gasteiger partial charge >= 0.3 is 5.97 Å². The number of carbonyl (C=O) groups is 1. The Bertz CT molecular complexity index is 1190. The summed E-state index contributed by atoms with van der Waals surface area (Å²) >= 11 is 7.91. The van der Waals surface area contributed by atoms with Gasteiger partial charge in [-0.1, -0.05) is 17.7 Å². The number of carboxylic acids is 1. The molecule has 0 amide bonds. The van der Waals surface area contributed by atoms with Crippen LogP contribution in [0, 0.1) is 0 Å². The second-order valence-corrected chi connectivity index (χ2v) is 8.55. The molecule has 168 valence electrons. The Morgan fingerprint density at radius 1 is 1.34 bits per heavy atom. The monoisotopic (exact) mass is 475 g/mol. The summed E-state index contributed by atoms with van der Waals surface area (Å²) in [4.78, 5) is 25.0. The van der Waals surface area contributed by atoms with E-state index in [1.54, 1.807) is 17.8 Å². The lowest BCUT2D eigenvalue weighted by molar-refractivity contribution is 0.0693. The largest absolute Gasteiger partial charge is 0.492 e. The number of allylic oxidation sites excluding steroid dienone is 3. The Hall–Kier alpha value is -2.68. The van der Waals surface area contributed by atoms with Gasteiger partial charge in [-0.3, -0.25) is 4.79 Å². The lowest BCUT2D eigenvalue weighted by Crippen LogP contribution is -2.28. The summed E-state index contributed by atoms with van der Waals surface area (Å²) in [6, 6.07) is 5.06. The standard InChI is InChI=1S/C23H22ClNO6S/c1-29-7-4-8-30-20-11-19-14(9-21(20)32-2)17-10-18(26)15(23(27)28)12-25(17)22(31-19)13-5-3-6-16(13)24/h3,6,9-12,22H,4-5,7-8H2,1-2H3,(H,27,28). The molecule has 0 spiro atoms. The van der Waals surface area contributed by atoms with Crippen molar-refractivity contribution in [1.29, 1.82) is 0 Å². The van der Waals surface area contributed by atoms with E-state index >= 15 is 0 Å². The molecule has 0 saturated carbocycles. The first kappa shape index (κ1) is 22.5. The molecule has 0 bridgehead atoms. The second-order valence-electron chi connectivity index (χ2n) is 7.29. The molecule has 1 aromatic carbocycles. The number of ether oxygens (including phenoxy) is 3. The van der Waals surface area contributed by atoms with Crippen LogP contribution in [0.25, 0.3) is 11.3 Å². The van der Waals surface area contributed by atoms with Crippen LogP contribution in [0.2, 0.25) is 0 Å². The van der Waals surface area contributed by atoms with E-state index in [2.05, 4.69) is 0 Å². The lowest BCUT2D eigenvalue weighted by Gasteiger charge is -2.33. The number of methoxy groups -OCH3 is 1. The van der Waals surface area contributed by atoms with Crippen molar-refractivity contribution in [1.82, 2.24) is 4.57 Å². The van der Waals surface area contributed by atoms with Gasteiger partial charge in [-0.15, -0.1) is 11.8 Å². The van der Waals surface area contributed by atoms with Crippen molar-refractivity contribution in [2.24, 2.45) is 0 Å². The van der Waals surface area contributed by atoms with E-state index in [0.29, 0.717) is 47.4 Å². The minimum atomic E-state index is -1.29. The van der Waals surface area contributed by atoms with Crippen molar-refractivity contribution in [2.75, 3.05) is 26.6 Å². The number of aromatic nitrogens is 1. The molecule has 32 heavy (non-hydrogen) atoms. The van der Waals surface area contributed by atoms with Gasteiger partial charge in [0.25, 0.3) is 0 Å². The molecule has 2 heterocycles. The number of benzene rings is 1.